The molecule has 0 saturated carbocycles. The maximum absolute atomic E-state index is 8.37. The van der Waals surface area contributed by atoms with Gasteiger partial charge in [0, 0.05) is 6.61 Å². The quantitative estimate of drug-likeness (QED) is 0.525. The zero-order valence-corrected chi connectivity index (χ0v) is 5.71. The van der Waals surface area contributed by atoms with Crippen LogP contribution in [-0.2, 0) is 4.74 Å². The lowest BCUT2D eigenvalue weighted by atomic mass is 10.2. The van der Waals surface area contributed by atoms with Crippen molar-refractivity contribution in [2.75, 3.05) is 13.4 Å². The van der Waals surface area contributed by atoms with E-state index >= 15 is 0 Å². The number of aliphatic hydroxyl groups excluding tert-OH is 2. The molecule has 3 heteroatoms. The number of aliphatic hydroxyl groups is 2. The first-order valence-corrected chi connectivity index (χ1v) is 3.14. The van der Waals surface area contributed by atoms with Gasteiger partial charge in [0.2, 0.25) is 0 Å². The van der Waals surface area contributed by atoms with Crippen molar-refractivity contribution in [2.24, 2.45) is 0 Å². The van der Waals surface area contributed by atoms with Crippen LogP contribution >= 0.6 is 0 Å². The molecule has 0 saturated heterocycles. The van der Waals surface area contributed by atoms with E-state index < -0.39 is 0 Å². The van der Waals surface area contributed by atoms with Crippen LogP contribution < -0.4 is 0 Å². The van der Waals surface area contributed by atoms with Gasteiger partial charge in [-0.15, -0.1) is 0 Å². The fourth-order valence-electron chi connectivity index (χ4n) is 0.589. The number of hydrogen-bond acceptors (Lipinski definition) is 3. The van der Waals surface area contributed by atoms with E-state index in [0.29, 0.717) is 0 Å². The highest BCUT2D eigenvalue weighted by atomic mass is 16.6. The third-order valence-corrected chi connectivity index (χ3v) is 1.13. The molecule has 2 N–H and O–H groups in total. The summed E-state index contributed by atoms with van der Waals surface area (Å²) >= 11 is 0. The first kappa shape index (κ1) is 8.88. The van der Waals surface area contributed by atoms with E-state index in [2.05, 4.69) is 0 Å². The maximum Gasteiger partial charge on any atom is 0.143 e. The SMILES string of the molecule is CC(CCCO)OCO. The van der Waals surface area contributed by atoms with Gasteiger partial charge in [0.1, 0.15) is 6.79 Å². The van der Waals surface area contributed by atoms with Gasteiger partial charge in [0.25, 0.3) is 0 Å². The fourth-order valence-corrected chi connectivity index (χ4v) is 0.589. The summed E-state index contributed by atoms with van der Waals surface area (Å²) < 4.78 is 4.79. The van der Waals surface area contributed by atoms with E-state index in [1.807, 2.05) is 6.92 Å². The second-order valence-electron chi connectivity index (χ2n) is 1.97. The molecule has 3 nitrogen and oxygen atoms in total. The molecule has 0 fully saturated rings. The molecule has 9 heavy (non-hydrogen) atoms. The summed E-state index contributed by atoms with van der Waals surface area (Å²) in [7, 11) is 0. The van der Waals surface area contributed by atoms with E-state index in [9.17, 15) is 0 Å². The molecule has 0 amide bonds. The lowest BCUT2D eigenvalue weighted by Crippen LogP contribution is -2.09. The molecule has 0 rings (SSSR count). The van der Waals surface area contributed by atoms with Crippen LogP contribution in [0.3, 0.4) is 0 Å². The van der Waals surface area contributed by atoms with Crippen LogP contribution in [0.4, 0.5) is 0 Å². The first-order chi connectivity index (χ1) is 4.31. The molecule has 56 valence electrons. The van der Waals surface area contributed by atoms with Crippen molar-refractivity contribution in [3.05, 3.63) is 0 Å². The minimum Gasteiger partial charge on any atom is -0.396 e. The Labute approximate surface area is 55.3 Å². The molecule has 0 bridgehead atoms. The summed E-state index contributed by atoms with van der Waals surface area (Å²) in [5.41, 5.74) is 0. The average Bonchev–Trinajstić information content (AvgIpc) is 1.85. The molecular formula is C6H14O3. The van der Waals surface area contributed by atoms with Crippen LogP contribution in [-0.4, -0.2) is 29.7 Å². The smallest absolute Gasteiger partial charge is 0.143 e. The molecule has 0 aromatic rings. The lowest BCUT2D eigenvalue weighted by Gasteiger charge is -2.08. The minimum absolute atomic E-state index is 0.0575. The van der Waals surface area contributed by atoms with Gasteiger partial charge < -0.3 is 14.9 Å². The highest BCUT2D eigenvalue weighted by molar-refractivity contribution is 4.47. The Bertz CT molecular complexity index is 56.3. The molecule has 1 atom stereocenters. The van der Waals surface area contributed by atoms with Gasteiger partial charge in [-0.25, -0.2) is 0 Å². The third-order valence-electron chi connectivity index (χ3n) is 1.13. The number of ether oxygens (including phenoxy) is 1. The van der Waals surface area contributed by atoms with Gasteiger partial charge in [0.15, 0.2) is 0 Å². The second-order valence-corrected chi connectivity index (χ2v) is 1.97. The molecule has 0 aromatic heterocycles. The minimum atomic E-state index is -0.230. The van der Waals surface area contributed by atoms with Crippen LogP contribution in [0.1, 0.15) is 19.8 Å². The van der Waals surface area contributed by atoms with E-state index in [1.165, 1.54) is 0 Å². The Hall–Kier alpha value is -0.120. The molecule has 0 heterocycles. The molecule has 0 aliphatic heterocycles. The molecular weight excluding hydrogens is 120 g/mol. The van der Waals surface area contributed by atoms with Crippen molar-refractivity contribution in [2.45, 2.75) is 25.9 Å². The number of rotatable bonds is 5. The van der Waals surface area contributed by atoms with E-state index in [1.54, 1.807) is 0 Å². The monoisotopic (exact) mass is 134 g/mol. The Balaban J connectivity index is 2.95. The maximum atomic E-state index is 8.37. The number of hydrogen-bond donors (Lipinski definition) is 2. The van der Waals surface area contributed by atoms with Gasteiger partial charge in [0.05, 0.1) is 6.10 Å². The average molecular weight is 134 g/mol. The summed E-state index contributed by atoms with van der Waals surface area (Å²) in [6.07, 6.45) is 1.60. The predicted molar refractivity (Wildman–Crippen MR) is 34.0 cm³/mol. The second kappa shape index (κ2) is 6.01. The van der Waals surface area contributed by atoms with Crippen molar-refractivity contribution < 1.29 is 14.9 Å². The van der Waals surface area contributed by atoms with Crippen molar-refractivity contribution >= 4 is 0 Å². The van der Waals surface area contributed by atoms with Crippen molar-refractivity contribution in [3.8, 4) is 0 Å². The van der Waals surface area contributed by atoms with Crippen molar-refractivity contribution in [3.63, 3.8) is 0 Å². The highest BCUT2D eigenvalue weighted by Crippen LogP contribution is 1.98. The molecule has 0 radical (unpaired) electrons. The van der Waals surface area contributed by atoms with Gasteiger partial charge in [-0.05, 0) is 19.8 Å². The Morgan fingerprint density at radius 3 is 2.56 bits per heavy atom. The third kappa shape index (κ3) is 5.76. The zero-order valence-electron chi connectivity index (χ0n) is 5.71. The summed E-state index contributed by atoms with van der Waals surface area (Å²) in [5.74, 6) is 0. The van der Waals surface area contributed by atoms with Crippen LogP contribution in [0.5, 0.6) is 0 Å². The van der Waals surface area contributed by atoms with Crippen molar-refractivity contribution in [1.82, 2.24) is 0 Å². The summed E-state index contributed by atoms with van der Waals surface area (Å²) in [5, 5.41) is 16.6. The van der Waals surface area contributed by atoms with Gasteiger partial charge in [-0.1, -0.05) is 0 Å². The molecule has 0 aromatic carbocycles. The highest BCUT2D eigenvalue weighted by Gasteiger charge is 1.98. The van der Waals surface area contributed by atoms with Gasteiger partial charge in [-0.2, -0.15) is 0 Å². The Morgan fingerprint density at radius 1 is 1.44 bits per heavy atom. The standard InChI is InChI=1S/C6H14O3/c1-6(9-5-8)3-2-4-7/h6-8H,2-5H2,1H3. The van der Waals surface area contributed by atoms with E-state index in [0.717, 1.165) is 12.8 Å². The van der Waals surface area contributed by atoms with E-state index in [4.69, 9.17) is 14.9 Å². The molecule has 0 aliphatic rings. The van der Waals surface area contributed by atoms with Crippen LogP contribution in [0, 0.1) is 0 Å². The van der Waals surface area contributed by atoms with Crippen molar-refractivity contribution in [1.29, 1.82) is 0 Å². The zero-order chi connectivity index (χ0) is 7.11. The Morgan fingerprint density at radius 2 is 2.11 bits per heavy atom. The first-order valence-electron chi connectivity index (χ1n) is 3.14. The molecule has 0 aliphatic carbocycles. The van der Waals surface area contributed by atoms with E-state index in [-0.39, 0.29) is 19.5 Å². The topological polar surface area (TPSA) is 49.7 Å². The molecule has 0 spiro atoms. The van der Waals surface area contributed by atoms with Crippen LogP contribution in [0.15, 0.2) is 0 Å². The lowest BCUT2D eigenvalue weighted by molar-refractivity contribution is -0.0466. The predicted octanol–water partition coefficient (Wildman–Crippen LogP) is 0.114. The molecule has 1 unspecified atom stereocenters. The van der Waals surface area contributed by atoms with Crippen LogP contribution in [0.25, 0.3) is 0 Å². The van der Waals surface area contributed by atoms with Gasteiger partial charge >= 0.3 is 0 Å². The normalized spacial score (nSPS) is 13.7. The summed E-state index contributed by atoms with van der Waals surface area (Å²) in [6.45, 7) is 1.83. The fraction of sp³-hybridized carbons (Fsp3) is 1.00. The largest absolute Gasteiger partial charge is 0.396 e. The Kier molecular flexibility index (Phi) is 5.93. The van der Waals surface area contributed by atoms with Gasteiger partial charge in [-0.3, -0.25) is 0 Å². The van der Waals surface area contributed by atoms with Crippen LogP contribution in [0.2, 0.25) is 0 Å². The summed E-state index contributed by atoms with van der Waals surface area (Å²) in [6, 6.07) is 0. The summed E-state index contributed by atoms with van der Waals surface area (Å²) in [4.78, 5) is 0.